The summed E-state index contributed by atoms with van der Waals surface area (Å²) >= 11 is 0. The largest absolute Gasteiger partial charge is 0.440 e. The number of nitrogens with zero attached hydrogens (tertiary/aromatic N) is 1. The van der Waals surface area contributed by atoms with E-state index in [9.17, 15) is 4.79 Å². The van der Waals surface area contributed by atoms with E-state index in [0.717, 1.165) is 0 Å². The van der Waals surface area contributed by atoms with Gasteiger partial charge < -0.3 is 9.64 Å². The number of likely N-dealkylation sites (N-methyl/N-ethyl adjacent to an activating group) is 1. The summed E-state index contributed by atoms with van der Waals surface area (Å²) in [5, 5.41) is 0. The van der Waals surface area contributed by atoms with Crippen LogP contribution in [0.1, 0.15) is 6.92 Å². The highest BCUT2D eigenvalue weighted by molar-refractivity contribution is 5.70. The molecule has 0 unspecified atom stereocenters. The first kappa shape index (κ1) is 7.12. The lowest BCUT2D eigenvalue weighted by Gasteiger charge is -2.06. The zero-order chi connectivity index (χ0) is 7.56. The molecule has 0 aliphatic carbocycles. The van der Waals surface area contributed by atoms with Crippen LogP contribution in [0.15, 0.2) is 12.7 Å². The molecule has 3 nitrogen and oxygen atoms in total. The van der Waals surface area contributed by atoms with Crippen LogP contribution >= 0.6 is 0 Å². The Morgan fingerprint density at radius 1 is 2.00 bits per heavy atom. The third-order valence-electron chi connectivity index (χ3n) is 1.56. The molecule has 1 atom stereocenters. The fraction of sp³-hybridized carbons (Fsp3) is 0.571. The normalized spacial score (nSPS) is 24.7. The van der Waals surface area contributed by atoms with E-state index in [-0.39, 0.29) is 12.2 Å². The molecule has 1 saturated heterocycles. The van der Waals surface area contributed by atoms with Crippen molar-refractivity contribution in [1.29, 1.82) is 0 Å². The van der Waals surface area contributed by atoms with Crippen LogP contribution in [0.2, 0.25) is 0 Å². The zero-order valence-electron chi connectivity index (χ0n) is 6.04. The van der Waals surface area contributed by atoms with Gasteiger partial charge in [-0.25, -0.2) is 4.79 Å². The molecule has 1 aliphatic rings. The Bertz CT molecular complexity index is 156. The van der Waals surface area contributed by atoms with Gasteiger partial charge >= 0.3 is 6.09 Å². The molecule has 1 rings (SSSR count). The van der Waals surface area contributed by atoms with E-state index in [0.29, 0.717) is 13.1 Å². The molecule has 3 heteroatoms. The van der Waals surface area contributed by atoms with Gasteiger partial charge in [-0.1, -0.05) is 6.58 Å². The van der Waals surface area contributed by atoms with Crippen molar-refractivity contribution in [2.75, 3.05) is 13.1 Å². The highest BCUT2D eigenvalue weighted by Crippen LogP contribution is 2.10. The lowest BCUT2D eigenvalue weighted by atomic mass is 10.3. The Morgan fingerprint density at radius 3 is 3.00 bits per heavy atom. The van der Waals surface area contributed by atoms with Crippen LogP contribution in [0.5, 0.6) is 0 Å². The molecule has 0 N–H and O–H groups in total. The van der Waals surface area contributed by atoms with Crippen molar-refractivity contribution < 1.29 is 9.53 Å². The molecule has 0 saturated carbocycles. The predicted molar refractivity (Wildman–Crippen MR) is 37.7 cm³/mol. The number of amides is 1. The summed E-state index contributed by atoms with van der Waals surface area (Å²) in [6, 6.07) is 0. The lowest BCUT2D eigenvalue weighted by molar-refractivity contribution is 0.146. The summed E-state index contributed by atoms with van der Waals surface area (Å²) in [4.78, 5) is 12.5. The number of hydrogen-bond acceptors (Lipinski definition) is 2. The van der Waals surface area contributed by atoms with Crippen LogP contribution in [0, 0.1) is 0 Å². The van der Waals surface area contributed by atoms with Gasteiger partial charge in [0, 0.05) is 6.54 Å². The van der Waals surface area contributed by atoms with E-state index in [1.807, 2.05) is 6.92 Å². The van der Waals surface area contributed by atoms with Crippen molar-refractivity contribution in [2.24, 2.45) is 0 Å². The summed E-state index contributed by atoms with van der Waals surface area (Å²) in [6.07, 6.45) is 1.31. The molecule has 0 radical (unpaired) electrons. The predicted octanol–water partition coefficient (Wildman–Crippen LogP) is 1.01. The van der Waals surface area contributed by atoms with Crippen LogP contribution in [0.3, 0.4) is 0 Å². The van der Waals surface area contributed by atoms with E-state index < -0.39 is 0 Å². The molecular weight excluding hydrogens is 130 g/mol. The van der Waals surface area contributed by atoms with Gasteiger partial charge in [-0.15, -0.1) is 0 Å². The molecule has 1 fully saturated rings. The second-order valence-electron chi connectivity index (χ2n) is 2.20. The SMILES string of the molecule is C=C[C@H]1CN(CC)C(=O)O1. The van der Waals surface area contributed by atoms with Gasteiger partial charge in [-0.3, -0.25) is 0 Å². The van der Waals surface area contributed by atoms with Crippen molar-refractivity contribution in [3.05, 3.63) is 12.7 Å². The Kier molecular flexibility index (Phi) is 1.94. The van der Waals surface area contributed by atoms with Gasteiger partial charge in [0.1, 0.15) is 6.10 Å². The molecular formula is C7H11NO2. The second kappa shape index (κ2) is 2.73. The highest BCUT2D eigenvalue weighted by Gasteiger charge is 2.27. The minimum atomic E-state index is -0.229. The maximum atomic E-state index is 10.8. The van der Waals surface area contributed by atoms with Crippen molar-refractivity contribution in [1.82, 2.24) is 4.90 Å². The fourth-order valence-corrected chi connectivity index (χ4v) is 0.914. The van der Waals surface area contributed by atoms with Crippen LogP contribution in [-0.2, 0) is 4.74 Å². The highest BCUT2D eigenvalue weighted by atomic mass is 16.6. The van der Waals surface area contributed by atoms with Crippen molar-refractivity contribution >= 4 is 6.09 Å². The number of hydrogen-bond donors (Lipinski definition) is 0. The third-order valence-corrected chi connectivity index (χ3v) is 1.56. The summed E-state index contributed by atoms with van der Waals surface area (Å²) in [7, 11) is 0. The van der Waals surface area contributed by atoms with E-state index in [1.54, 1.807) is 11.0 Å². The van der Waals surface area contributed by atoms with Crippen molar-refractivity contribution in [3.63, 3.8) is 0 Å². The van der Waals surface area contributed by atoms with E-state index in [1.165, 1.54) is 0 Å². The fourth-order valence-electron chi connectivity index (χ4n) is 0.914. The number of rotatable bonds is 2. The van der Waals surface area contributed by atoms with Gasteiger partial charge in [-0.05, 0) is 13.0 Å². The maximum Gasteiger partial charge on any atom is 0.410 e. The van der Waals surface area contributed by atoms with Gasteiger partial charge in [0.2, 0.25) is 0 Å². The minimum absolute atomic E-state index is 0.104. The monoisotopic (exact) mass is 141 g/mol. The van der Waals surface area contributed by atoms with Crippen LogP contribution in [0.25, 0.3) is 0 Å². The van der Waals surface area contributed by atoms with E-state index >= 15 is 0 Å². The van der Waals surface area contributed by atoms with Gasteiger partial charge in [-0.2, -0.15) is 0 Å². The molecule has 56 valence electrons. The molecule has 1 aliphatic heterocycles. The molecule has 0 aromatic rings. The number of cyclic esters (lactones) is 1. The summed E-state index contributed by atoms with van der Waals surface area (Å²) in [5.74, 6) is 0. The summed E-state index contributed by atoms with van der Waals surface area (Å²) < 4.78 is 4.88. The Labute approximate surface area is 60.3 Å². The molecule has 0 aromatic carbocycles. The quantitative estimate of drug-likeness (QED) is 0.537. The molecule has 10 heavy (non-hydrogen) atoms. The van der Waals surface area contributed by atoms with Crippen molar-refractivity contribution in [2.45, 2.75) is 13.0 Å². The van der Waals surface area contributed by atoms with Gasteiger partial charge in [0.15, 0.2) is 0 Å². The Hall–Kier alpha value is -0.990. The summed E-state index contributed by atoms with van der Waals surface area (Å²) in [6.45, 7) is 6.83. The van der Waals surface area contributed by atoms with Gasteiger partial charge in [0.25, 0.3) is 0 Å². The Morgan fingerprint density at radius 2 is 2.70 bits per heavy atom. The van der Waals surface area contributed by atoms with E-state index in [2.05, 4.69) is 6.58 Å². The van der Waals surface area contributed by atoms with Crippen molar-refractivity contribution in [3.8, 4) is 0 Å². The first-order chi connectivity index (χ1) is 4.77. The standard InChI is InChI=1S/C7H11NO2/c1-3-6-5-8(4-2)7(9)10-6/h3,6H,1,4-5H2,2H3/t6-/m0/s1. The maximum absolute atomic E-state index is 10.8. The van der Waals surface area contributed by atoms with E-state index in [4.69, 9.17) is 4.74 Å². The zero-order valence-corrected chi connectivity index (χ0v) is 6.04. The Balaban J connectivity index is 2.51. The number of ether oxygens (including phenoxy) is 1. The van der Waals surface area contributed by atoms with Gasteiger partial charge in [0.05, 0.1) is 6.54 Å². The average molecular weight is 141 g/mol. The molecule has 0 spiro atoms. The second-order valence-corrected chi connectivity index (χ2v) is 2.20. The third kappa shape index (κ3) is 1.12. The van der Waals surface area contributed by atoms with Crippen LogP contribution < -0.4 is 0 Å². The summed E-state index contributed by atoms with van der Waals surface area (Å²) in [5.41, 5.74) is 0. The molecule has 1 amide bonds. The smallest absolute Gasteiger partial charge is 0.410 e. The lowest BCUT2D eigenvalue weighted by Crippen LogP contribution is -2.23. The van der Waals surface area contributed by atoms with Crippen LogP contribution in [-0.4, -0.2) is 30.2 Å². The number of carbonyl (C=O) groups excluding carboxylic acids is 1. The minimum Gasteiger partial charge on any atom is -0.440 e. The first-order valence-electron chi connectivity index (χ1n) is 3.36. The first-order valence-corrected chi connectivity index (χ1v) is 3.36. The molecule has 0 aromatic heterocycles. The van der Waals surface area contributed by atoms with Crippen LogP contribution in [0.4, 0.5) is 4.79 Å². The number of carbonyl (C=O) groups is 1. The topological polar surface area (TPSA) is 29.5 Å². The average Bonchev–Trinajstić information content (AvgIpc) is 2.30. The molecule has 0 bridgehead atoms. The molecule has 1 heterocycles.